The number of hydrogen-bond donors (Lipinski definition) is 4. The fourth-order valence-electron chi connectivity index (χ4n) is 3.11. The monoisotopic (exact) mass is 302 g/mol. The van der Waals surface area contributed by atoms with E-state index < -0.39 is 34.9 Å². The number of hydrogen-bond acceptors (Lipinski definition) is 6. The fraction of sp³-hybridized carbons (Fsp3) is 0.250. The zero-order valence-corrected chi connectivity index (χ0v) is 11.7. The molecule has 114 valence electrons. The zero-order chi connectivity index (χ0) is 16.2. The summed E-state index contributed by atoms with van der Waals surface area (Å²) in [6, 6.07) is 2.22. The number of rotatable bonds is 1. The summed E-state index contributed by atoms with van der Waals surface area (Å²) < 4.78 is 0. The van der Waals surface area contributed by atoms with E-state index in [2.05, 4.69) is 0 Å². The number of fused-ring (bicyclic) bond motifs is 2. The Morgan fingerprint density at radius 1 is 0.909 bits per heavy atom. The Hall–Kier alpha value is -2.76. The first-order chi connectivity index (χ1) is 10.4. The first kappa shape index (κ1) is 14.2. The number of allylic oxidation sites excluding steroid dienone is 4. The molecule has 0 amide bonds. The maximum atomic E-state index is 12.6. The molecular weight excluding hydrogens is 288 g/mol. The van der Waals surface area contributed by atoms with Gasteiger partial charge in [-0.15, -0.1) is 0 Å². The Morgan fingerprint density at radius 3 is 1.91 bits per heavy atom. The Balaban J connectivity index is 2.30. The number of phenols is 2. The highest BCUT2D eigenvalue weighted by atomic mass is 16.3. The van der Waals surface area contributed by atoms with E-state index in [4.69, 9.17) is 0 Å². The molecule has 0 aliphatic heterocycles. The quantitative estimate of drug-likeness (QED) is 0.592. The number of aliphatic hydroxyl groups excluding tert-OH is 2. The number of aromatic hydroxyl groups is 2. The highest BCUT2D eigenvalue weighted by Gasteiger charge is 2.50. The third kappa shape index (κ3) is 1.67. The number of aliphatic hydroxyl groups is 2. The molecule has 22 heavy (non-hydrogen) atoms. The van der Waals surface area contributed by atoms with Crippen LogP contribution in [-0.4, -0.2) is 32.0 Å². The van der Waals surface area contributed by atoms with Crippen molar-refractivity contribution in [1.29, 1.82) is 0 Å². The first-order valence-corrected chi connectivity index (χ1v) is 6.84. The van der Waals surface area contributed by atoms with Gasteiger partial charge in [0.15, 0.2) is 11.6 Å². The molecule has 0 radical (unpaired) electrons. The van der Waals surface area contributed by atoms with Crippen LogP contribution in [0.4, 0.5) is 0 Å². The molecule has 2 aliphatic carbocycles. The second-order valence-corrected chi connectivity index (χ2v) is 5.37. The molecule has 0 bridgehead atoms. The van der Waals surface area contributed by atoms with Crippen molar-refractivity contribution in [2.45, 2.75) is 13.3 Å². The molecule has 2 aliphatic rings. The molecule has 2 atom stereocenters. The molecule has 3 rings (SSSR count). The number of Topliss-reactive ketones (excluding diaryl/α,β-unsaturated/α-hetero) is 2. The van der Waals surface area contributed by atoms with Crippen molar-refractivity contribution in [3.8, 4) is 11.5 Å². The second-order valence-electron chi connectivity index (χ2n) is 5.37. The maximum Gasteiger partial charge on any atom is 0.179 e. The molecule has 1 aromatic rings. The van der Waals surface area contributed by atoms with Gasteiger partial charge in [-0.3, -0.25) is 9.59 Å². The van der Waals surface area contributed by atoms with Crippen LogP contribution in [0.25, 0.3) is 0 Å². The summed E-state index contributed by atoms with van der Waals surface area (Å²) in [6.45, 7) is 1.74. The number of phenolic OH excluding ortho intramolecular Hbond substituents is 2. The molecule has 1 aromatic carbocycles. The van der Waals surface area contributed by atoms with Crippen molar-refractivity contribution in [1.82, 2.24) is 0 Å². The van der Waals surface area contributed by atoms with Gasteiger partial charge in [0.05, 0.1) is 23.0 Å². The minimum absolute atomic E-state index is 0.281. The van der Waals surface area contributed by atoms with E-state index in [-0.39, 0.29) is 22.6 Å². The molecule has 0 spiro atoms. The average Bonchev–Trinajstić information content (AvgIpc) is 2.48. The molecule has 0 aromatic heterocycles. The predicted octanol–water partition coefficient (Wildman–Crippen LogP) is 2.39. The first-order valence-electron chi connectivity index (χ1n) is 6.84. The van der Waals surface area contributed by atoms with E-state index in [1.54, 1.807) is 6.92 Å². The summed E-state index contributed by atoms with van der Waals surface area (Å²) in [5, 5.41) is 40.1. The van der Waals surface area contributed by atoms with Crippen LogP contribution in [0, 0.1) is 11.8 Å². The summed E-state index contributed by atoms with van der Waals surface area (Å²) in [6.07, 6.45) is 1.64. The maximum absolute atomic E-state index is 12.6. The minimum Gasteiger partial charge on any atom is -0.511 e. The van der Waals surface area contributed by atoms with Crippen molar-refractivity contribution in [3.63, 3.8) is 0 Å². The molecule has 0 saturated heterocycles. The largest absolute Gasteiger partial charge is 0.511 e. The summed E-state index contributed by atoms with van der Waals surface area (Å²) in [4.78, 5) is 25.2. The highest BCUT2D eigenvalue weighted by molar-refractivity contribution is 6.20. The standard InChI is InChI=1S/C16H14O6/c1-2-6-5-9(19)12-13(14(6)20)16(22)11-8(18)4-3-7(17)10(11)15(12)21/h3-5,12-13,17-20H,2H2,1H3. The van der Waals surface area contributed by atoms with Crippen LogP contribution in [0.1, 0.15) is 34.1 Å². The van der Waals surface area contributed by atoms with Gasteiger partial charge in [0.25, 0.3) is 0 Å². The van der Waals surface area contributed by atoms with E-state index >= 15 is 0 Å². The van der Waals surface area contributed by atoms with Crippen LogP contribution in [-0.2, 0) is 0 Å². The number of benzene rings is 1. The predicted molar refractivity (Wildman–Crippen MR) is 76.1 cm³/mol. The van der Waals surface area contributed by atoms with Gasteiger partial charge < -0.3 is 20.4 Å². The third-order valence-electron chi connectivity index (χ3n) is 4.20. The van der Waals surface area contributed by atoms with Gasteiger partial charge in [0.2, 0.25) is 0 Å². The van der Waals surface area contributed by atoms with E-state index in [9.17, 15) is 30.0 Å². The van der Waals surface area contributed by atoms with Crippen molar-refractivity contribution in [3.05, 3.63) is 46.4 Å². The number of carbonyl (C=O) groups is 2. The highest BCUT2D eigenvalue weighted by Crippen LogP contribution is 2.46. The topological polar surface area (TPSA) is 115 Å². The molecule has 0 saturated carbocycles. The van der Waals surface area contributed by atoms with Gasteiger partial charge in [0.1, 0.15) is 23.0 Å². The van der Waals surface area contributed by atoms with Gasteiger partial charge in [-0.1, -0.05) is 6.92 Å². The van der Waals surface area contributed by atoms with E-state index in [0.717, 1.165) is 12.1 Å². The SMILES string of the molecule is CCC1=C(O)C2C(=O)c3c(O)ccc(O)c3C(=O)C2C(O)=C1. The molecule has 6 nitrogen and oxygen atoms in total. The lowest BCUT2D eigenvalue weighted by atomic mass is 9.68. The van der Waals surface area contributed by atoms with Crippen LogP contribution in [0.3, 0.4) is 0 Å². The van der Waals surface area contributed by atoms with Crippen LogP contribution in [0.5, 0.6) is 11.5 Å². The summed E-state index contributed by atoms with van der Waals surface area (Å²) in [7, 11) is 0. The summed E-state index contributed by atoms with van der Waals surface area (Å²) >= 11 is 0. The normalized spacial score (nSPS) is 24.0. The van der Waals surface area contributed by atoms with E-state index in [1.165, 1.54) is 6.08 Å². The number of ketones is 2. The molecule has 0 fully saturated rings. The molecule has 6 heteroatoms. The molecular formula is C16H14O6. The van der Waals surface area contributed by atoms with Crippen molar-refractivity contribution >= 4 is 11.6 Å². The Labute approximate surface area is 125 Å². The Morgan fingerprint density at radius 2 is 1.41 bits per heavy atom. The summed E-state index contributed by atoms with van der Waals surface area (Å²) in [5.41, 5.74) is -0.273. The van der Waals surface area contributed by atoms with Gasteiger partial charge in [-0.05, 0) is 30.2 Å². The number of carbonyl (C=O) groups excluding carboxylic acids is 2. The van der Waals surface area contributed by atoms with Gasteiger partial charge in [0, 0.05) is 0 Å². The zero-order valence-electron chi connectivity index (χ0n) is 11.7. The fourth-order valence-corrected chi connectivity index (χ4v) is 3.11. The Kier molecular flexibility index (Phi) is 2.98. The van der Waals surface area contributed by atoms with Crippen molar-refractivity contribution in [2.24, 2.45) is 11.8 Å². The van der Waals surface area contributed by atoms with Gasteiger partial charge in [-0.25, -0.2) is 0 Å². The smallest absolute Gasteiger partial charge is 0.179 e. The second kappa shape index (κ2) is 4.62. The van der Waals surface area contributed by atoms with Crippen molar-refractivity contribution < 1.29 is 30.0 Å². The minimum atomic E-state index is -1.28. The summed E-state index contributed by atoms with van der Waals surface area (Å²) in [5.74, 6) is -5.44. The van der Waals surface area contributed by atoms with Crippen LogP contribution in [0.15, 0.2) is 35.3 Å². The third-order valence-corrected chi connectivity index (χ3v) is 4.20. The van der Waals surface area contributed by atoms with Crippen molar-refractivity contribution in [2.75, 3.05) is 0 Å². The lowest BCUT2D eigenvalue weighted by Gasteiger charge is -2.33. The lowest BCUT2D eigenvalue weighted by molar-refractivity contribution is 0.0699. The lowest BCUT2D eigenvalue weighted by Crippen LogP contribution is -2.40. The van der Waals surface area contributed by atoms with E-state index in [0.29, 0.717) is 12.0 Å². The molecule has 0 heterocycles. The average molecular weight is 302 g/mol. The van der Waals surface area contributed by atoms with Gasteiger partial charge in [-0.2, -0.15) is 0 Å². The van der Waals surface area contributed by atoms with Crippen LogP contribution in [0.2, 0.25) is 0 Å². The van der Waals surface area contributed by atoms with Gasteiger partial charge >= 0.3 is 0 Å². The Bertz CT molecular complexity index is 771. The molecule has 2 unspecified atom stereocenters. The van der Waals surface area contributed by atoms with E-state index in [1.807, 2.05) is 0 Å². The van der Waals surface area contributed by atoms with Crippen LogP contribution >= 0.6 is 0 Å². The van der Waals surface area contributed by atoms with Crippen LogP contribution < -0.4 is 0 Å². The molecule has 4 N–H and O–H groups in total.